The minimum Gasteiger partial charge on any atom is -0.337 e. The second-order valence-electron chi connectivity index (χ2n) is 6.09. The molecule has 1 aromatic carbocycles. The standard InChI is InChI=1S/C17H20N2O3S2/c1-12-15(18-16(23-12)13-6-4-3-5-7-13)17(20)19(2)14-8-10-24(21,22)11-9-14/h3-7,14H,8-11H2,1-2H3. The average Bonchev–Trinajstić information content (AvgIpc) is 2.96. The first-order chi connectivity index (χ1) is 11.4. The number of carbonyl (C=O) groups excluding carboxylic acids is 1. The summed E-state index contributed by atoms with van der Waals surface area (Å²) in [4.78, 5) is 19.9. The molecule has 1 saturated heterocycles. The van der Waals surface area contributed by atoms with Crippen molar-refractivity contribution < 1.29 is 13.2 Å². The Morgan fingerprint density at radius 3 is 2.46 bits per heavy atom. The van der Waals surface area contributed by atoms with Gasteiger partial charge in [0.25, 0.3) is 5.91 Å². The minimum absolute atomic E-state index is 0.0395. The van der Waals surface area contributed by atoms with Crippen molar-refractivity contribution in [1.29, 1.82) is 0 Å². The first-order valence-corrected chi connectivity index (χ1v) is 10.5. The van der Waals surface area contributed by atoms with Gasteiger partial charge in [0.1, 0.15) is 20.5 Å². The third-order valence-corrected chi connectivity index (χ3v) is 7.15. The van der Waals surface area contributed by atoms with Crippen molar-refractivity contribution in [2.75, 3.05) is 18.6 Å². The van der Waals surface area contributed by atoms with Crippen LogP contribution in [0.2, 0.25) is 0 Å². The maximum absolute atomic E-state index is 12.8. The van der Waals surface area contributed by atoms with Gasteiger partial charge < -0.3 is 4.90 Å². The number of nitrogens with zero attached hydrogens (tertiary/aromatic N) is 2. The van der Waals surface area contributed by atoms with Gasteiger partial charge in [0, 0.05) is 23.5 Å². The van der Waals surface area contributed by atoms with Crippen LogP contribution in [-0.4, -0.2) is 48.8 Å². The fourth-order valence-electron chi connectivity index (χ4n) is 2.90. The van der Waals surface area contributed by atoms with Crippen LogP contribution < -0.4 is 0 Å². The van der Waals surface area contributed by atoms with E-state index in [1.165, 1.54) is 11.3 Å². The number of amides is 1. The molecule has 0 saturated carbocycles. The summed E-state index contributed by atoms with van der Waals surface area (Å²) in [6.45, 7) is 1.90. The van der Waals surface area contributed by atoms with Crippen LogP contribution in [0.4, 0.5) is 0 Å². The molecule has 1 aliphatic rings. The Morgan fingerprint density at radius 2 is 1.83 bits per heavy atom. The van der Waals surface area contributed by atoms with Crippen LogP contribution >= 0.6 is 11.3 Å². The van der Waals surface area contributed by atoms with E-state index in [1.54, 1.807) is 11.9 Å². The zero-order valence-corrected chi connectivity index (χ0v) is 15.4. The summed E-state index contributed by atoms with van der Waals surface area (Å²) in [5, 5.41) is 0.830. The highest BCUT2D eigenvalue weighted by molar-refractivity contribution is 7.91. The summed E-state index contributed by atoms with van der Waals surface area (Å²) in [5.41, 5.74) is 1.46. The van der Waals surface area contributed by atoms with Crippen LogP contribution in [0.15, 0.2) is 30.3 Å². The Bertz CT molecular complexity index is 830. The van der Waals surface area contributed by atoms with Gasteiger partial charge in [0.05, 0.1) is 11.5 Å². The Hall–Kier alpha value is -1.73. The van der Waals surface area contributed by atoms with Crippen LogP contribution in [0.5, 0.6) is 0 Å². The predicted molar refractivity (Wildman–Crippen MR) is 96.1 cm³/mol. The number of carbonyl (C=O) groups is 1. The average molecular weight is 364 g/mol. The lowest BCUT2D eigenvalue weighted by Crippen LogP contribution is -2.42. The van der Waals surface area contributed by atoms with Crippen LogP contribution in [0.3, 0.4) is 0 Å². The van der Waals surface area contributed by atoms with E-state index in [1.807, 2.05) is 37.3 Å². The molecule has 2 heterocycles. The van der Waals surface area contributed by atoms with Gasteiger partial charge in [-0.15, -0.1) is 11.3 Å². The highest BCUT2D eigenvalue weighted by Gasteiger charge is 2.30. The molecule has 1 aromatic heterocycles. The second-order valence-corrected chi connectivity index (χ2v) is 9.60. The molecule has 0 bridgehead atoms. The van der Waals surface area contributed by atoms with Crippen molar-refractivity contribution in [3.05, 3.63) is 40.9 Å². The number of hydrogen-bond acceptors (Lipinski definition) is 5. The molecular formula is C17H20N2O3S2. The molecule has 1 amide bonds. The Labute approximate surface area is 146 Å². The lowest BCUT2D eigenvalue weighted by Gasteiger charge is -2.30. The van der Waals surface area contributed by atoms with E-state index >= 15 is 0 Å². The maximum atomic E-state index is 12.8. The monoisotopic (exact) mass is 364 g/mol. The molecule has 24 heavy (non-hydrogen) atoms. The Kier molecular flexibility index (Phi) is 4.73. The highest BCUT2D eigenvalue weighted by Crippen LogP contribution is 2.29. The molecule has 3 rings (SSSR count). The van der Waals surface area contributed by atoms with E-state index in [2.05, 4.69) is 4.98 Å². The summed E-state index contributed by atoms with van der Waals surface area (Å²) in [5.74, 6) is 0.177. The quantitative estimate of drug-likeness (QED) is 0.840. The van der Waals surface area contributed by atoms with Crippen molar-refractivity contribution in [3.63, 3.8) is 0 Å². The fourth-order valence-corrected chi connectivity index (χ4v) is 5.27. The molecule has 2 aromatic rings. The number of sulfone groups is 1. The molecule has 0 unspecified atom stereocenters. The van der Waals surface area contributed by atoms with E-state index < -0.39 is 9.84 Å². The number of aromatic nitrogens is 1. The zero-order chi connectivity index (χ0) is 17.3. The Balaban J connectivity index is 1.79. The van der Waals surface area contributed by atoms with Gasteiger partial charge >= 0.3 is 0 Å². The first-order valence-electron chi connectivity index (χ1n) is 7.88. The first kappa shape index (κ1) is 17.1. The van der Waals surface area contributed by atoms with E-state index in [-0.39, 0.29) is 23.5 Å². The van der Waals surface area contributed by atoms with Crippen molar-refractivity contribution in [3.8, 4) is 10.6 Å². The van der Waals surface area contributed by atoms with E-state index in [9.17, 15) is 13.2 Å². The van der Waals surface area contributed by atoms with Gasteiger partial charge in [0.2, 0.25) is 0 Å². The number of aryl methyl sites for hydroxylation is 1. The van der Waals surface area contributed by atoms with Gasteiger partial charge in [-0.2, -0.15) is 0 Å². The third kappa shape index (κ3) is 3.52. The van der Waals surface area contributed by atoms with Gasteiger partial charge in [-0.05, 0) is 19.8 Å². The van der Waals surface area contributed by atoms with E-state index in [0.717, 1.165) is 15.4 Å². The van der Waals surface area contributed by atoms with Gasteiger partial charge in [-0.25, -0.2) is 13.4 Å². The molecule has 1 fully saturated rings. The van der Waals surface area contributed by atoms with Crippen molar-refractivity contribution >= 4 is 27.1 Å². The van der Waals surface area contributed by atoms with Gasteiger partial charge in [-0.1, -0.05) is 30.3 Å². The van der Waals surface area contributed by atoms with E-state index in [0.29, 0.717) is 18.5 Å². The van der Waals surface area contributed by atoms with Crippen molar-refractivity contribution in [1.82, 2.24) is 9.88 Å². The topological polar surface area (TPSA) is 67.3 Å². The third-order valence-electron chi connectivity index (χ3n) is 4.41. The second kappa shape index (κ2) is 6.64. The van der Waals surface area contributed by atoms with Crippen LogP contribution in [0, 0.1) is 6.92 Å². The lowest BCUT2D eigenvalue weighted by molar-refractivity contribution is 0.0716. The molecule has 0 spiro atoms. The molecule has 0 atom stereocenters. The summed E-state index contributed by atoms with van der Waals surface area (Å²) in [6.07, 6.45) is 0.999. The summed E-state index contributed by atoms with van der Waals surface area (Å²) in [7, 11) is -1.19. The molecule has 128 valence electrons. The molecule has 7 heteroatoms. The molecule has 0 aliphatic carbocycles. The smallest absolute Gasteiger partial charge is 0.273 e. The highest BCUT2D eigenvalue weighted by atomic mass is 32.2. The van der Waals surface area contributed by atoms with E-state index in [4.69, 9.17) is 0 Å². The molecule has 5 nitrogen and oxygen atoms in total. The Morgan fingerprint density at radius 1 is 1.21 bits per heavy atom. The fraction of sp³-hybridized carbons (Fsp3) is 0.412. The summed E-state index contributed by atoms with van der Waals surface area (Å²) >= 11 is 1.51. The van der Waals surface area contributed by atoms with Crippen molar-refractivity contribution in [2.24, 2.45) is 0 Å². The molecule has 0 N–H and O–H groups in total. The maximum Gasteiger partial charge on any atom is 0.273 e. The largest absolute Gasteiger partial charge is 0.337 e. The van der Waals surface area contributed by atoms with Crippen LogP contribution in [0.1, 0.15) is 28.2 Å². The summed E-state index contributed by atoms with van der Waals surface area (Å²) in [6, 6.07) is 9.75. The molecular weight excluding hydrogens is 344 g/mol. The van der Waals surface area contributed by atoms with Crippen molar-refractivity contribution in [2.45, 2.75) is 25.8 Å². The van der Waals surface area contributed by atoms with Gasteiger partial charge in [-0.3, -0.25) is 4.79 Å². The van der Waals surface area contributed by atoms with Crippen LogP contribution in [0.25, 0.3) is 10.6 Å². The molecule has 0 radical (unpaired) electrons. The summed E-state index contributed by atoms with van der Waals surface area (Å²) < 4.78 is 23.1. The number of rotatable bonds is 3. The predicted octanol–water partition coefficient (Wildman–Crippen LogP) is 2.77. The number of benzene rings is 1. The number of hydrogen-bond donors (Lipinski definition) is 0. The van der Waals surface area contributed by atoms with Gasteiger partial charge in [0.15, 0.2) is 0 Å². The zero-order valence-electron chi connectivity index (χ0n) is 13.7. The SMILES string of the molecule is Cc1sc(-c2ccccc2)nc1C(=O)N(C)C1CCS(=O)(=O)CC1. The minimum atomic E-state index is -2.93. The lowest BCUT2D eigenvalue weighted by atomic mass is 10.1. The van der Waals surface area contributed by atoms with Crippen LogP contribution in [-0.2, 0) is 9.84 Å². The molecule has 1 aliphatic heterocycles. The number of thiazole rings is 1. The normalized spacial score (nSPS) is 17.6.